The van der Waals surface area contributed by atoms with Gasteiger partial charge in [0.15, 0.2) is 10.7 Å². The van der Waals surface area contributed by atoms with E-state index in [4.69, 9.17) is 10.8 Å². The Bertz CT molecular complexity index is 414. The van der Waals surface area contributed by atoms with Crippen molar-refractivity contribution >= 4 is 29.1 Å². The molecule has 0 fully saturated rings. The second-order valence-corrected chi connectivity index (χ2v) is 3.35. The standard InChI is InChI=1S/C7H7N3O4S/c8-4(11)1-9-5(12)6-10-3(2-15-6)7(13)14/h2H,1H2,(H2,8,11)(H,9,12)(H,13,14). The van der Waals surface area contributed by atoms with Crippen molar-refractivity contribution in [2.75, 3.05) is 6.54 Å². The topological polar surface area (TPSA) is 122 Å². The molecule has 0 unspecified atom stereocenters. The second-order valence-electron chi connectivity index (χ2n) is 2.49. The van der Waals surface area contributed by atoms with Crippen molar-refractivity contribution in [1.82, 2.24) is 10.3 Å². The Balaban J connectivity index is 2.66. The second kappa shape index (κ2) is 4.51. The Morgan fingerprint density at radius 2 is 2.20 bits per heavy atom. The van der Waals surface area contributed by atoms with Crippen molar-refractivity contribution in [1.29, 1.82) is 0 Å². The number of primary amides is 1. The highest BCUT2D eigenvalue weighted by Gasteiger charge is 2.14. The van der Waals surface area contributed by atoms with E-state index < -0.39 is 17.8 Å². The van der Waals surface area contributed by atoms with Gasteiger partial charge in [-0.25, -0.2) is 9.78 Å². The molecule has 0 atom stereocenters. The van der Waals surface area contributed by atoms with Crippen LogP contribution in [-0.2, 0) is 4.79 Å². The van der Waals surface area contributed by atoms with E-state index in [1.54, 1.807) is 0 Å². The minimum Gasteiger partial charge on any atom is -0.476 e. The molecule has 80 valence electrons. The summed E-state index contributed by atoms with van der Waals surface area (Å²) in [5.41, 5.74) is 4.60. The van der Waals surface area contributed by atoms with Crippen LogP contribution in [0.5, 0.6) is 0 Å². The molecule has 4 N–H and O–H groups in total. The predicted octanol–water partition coefficient (Wildman–Crippen LogP) is -0.944. The minimum absolute atomic E-state index is 0.0198. The molecule has 0 radical (unpaired) electrons. The fraction of sp³-hybridized carbons (Fsp3) is 0.143. The number of carboxylic acids is 1. The Hall–Kier alpha value is -1.96. The van der Waals surface area contributed by atoms with Gasteiger partial charge < -0.3 is 16.2 Å². The third-order valence-electron chi connectivity index (χ3n) is 1.34. The molecule has 15 heavy (non-hydrogen) atoms. The number of carbonyl (C=O) groups is 3. The Kier molecular flexibility index (Phi) is 3.34. The molecule has 0 aromatic carbocycles. The first kappa shape index (κ1) is 11.1. The van der Waals surface area contributed by atoms with Gasteiger partial charge in [-0.3, -0.25) is 9.59 Å². The van der Waals surface area contributed by atoms with Gasteiger partial charge in [-0.15, -0.1) is 11.3 Å². The van der Waals surface area contributed by atoms with Gasteiger partial charge in [0.2, 0.25) is 5.91 Å². The maximum Gasteiger partial charge on any atom is 0.355 e. The number of hydrogen-bond donors (Lipinski definition) is 3. The molecule has 0 aliphatic heterocycles. The summed E-state index contributed by atoms with van der Waals surface area (Å²) in [7, 11) is 0. The minimum atomic E-state index is -1.21. The lowest BCUT2D eigenvalue weighted by Gasteiger charge is -1.97. The molecule has 1 aromatic rings. The molecule has 1 rings (SSSR count). The monoisotopic (exact) mass is 229 g/mol. The van der Waals surface area contributed by atoms with Crippen LogP contribution in [0.1, 0.15) is 20.3 Å². The molecule has 0 spiro atoms. The highest BCUT2D eigenvalue weighted by atomic mass is 32.1. The lowest BCUT2D eigenvalue weighted by Crippen LogP contribution is -2.33. The zero-order chi connectivity index (χ0) is 11.4. The number of nitrogens with one attached hydrogen (secondary N) is 1. The molecule has 0 aliphatic rings. The van der Waals surface area contributed by atoms with Gasteiger partial charge in [0.25, 0.3) is 5.91 Å². The van der Waals surface area contributed by atoms with Gasteiger partial charge in [0, 0.05) is 5.38 Å². The molecular formula is C7H7N3O4S. The smallest absolute Gasteiger partial charge is 0.355 e. The highest BCUT2D eigenvalue weighted by Crippen LogP contribution is 2.09. The van der Waals surface area contributed by atoms with Gasteiger partial charge in [0.05, 0.1) is 6.54 Å². The van der Waals surface area contributed by atoms with E-state index in [1.165, 1.54) is 5.38 Å². The van der Waals surface area contributed by atoms with Crippen molar-refractivity contribution < 1.29 is 19.5 Å². The lowest BCUT2D eigenvalue weighted by molar-refractivity contribution is -0.117. The average molecular weight is 229 g/mol. The Labute approximate surface area is 87.9 Å². The summed E-state index contributed by atoms with van der Waals surface area (Å²) in [6, 6.07) is 0. The Morgan fingerprint density at radius 3 is 2.67 bits per heavy atom. The number of rotatable bonds is 4. The number of aromatic nitrogens is 1. The van der Waals surface area contributed by atoms with Crippen LogP contribution < -0.4 is 11.1 Å². The normalized spacial score (nSPS) is 9.60. The fourth-order valence-corrected chi connectivity index (χ4v) is 1.43. The molecule has 1 aromatic heterocycles. The number of thiazole rings is 1. The van der Waals surface area contributed by atoms with Gasteiger partial charge in [-0.1, -0.05) is 0 Å². The van der Waals surface area contributed by atoms with Crippen LogP contribution in [0.2, 0.25) is 0 Å². The van der Waals surface area contributed by atoms with Gasteiger partial charge in [0.1, 0.15) is 0 Å². The quantitative estimate of drug-likeness (QED) is 0.614. The van der Waals surface area contributed by atoms with E-state index in [1.807, 2.05) is 0 Å². The number of nitrogens with two attached hydrogens (primary N) is 1. The van der Waals surface area contributed by atoms with E-state index in [0.29, 0.717) is 0 Å². The van der Waals surface area contributed by atoms with Crippen LogP contribution >= 0.6 is 11.3 Å². The largest absolute Gasteiger partial charge is 0.476 e. The molecule has 8 heteroatoms. The first-order valence-electron chi connectivity index (χ1n) is 3.76. The molecule has 0 bridgehead atoms. The van der Waals surface area contributed by atoms with Crippen molar-refractivity contribution in [2.24, 2.45) is 5.73 Å². The molecular weight excluding hydrogens is 222 g/mol. The van der Waals surface area contributed by atoms with Gasteiger partial charge in [-0.05, 0) is 0 Å². The van der Waals surface area contributed by atoms with Crippen LogP contribution in [0, 0.1) is 0 Å². The summed E-state index contributed by atoms with van der Waals surface area (Å²) in [5.74, 6) is -2.51. The van der Waals surface area contributed by atoms with Crippen LogP contribution in [0.3, 0.4) is 0 Å². The zero-order valence-corrected chi connectivity index (χ0v) is 8.21. The SMILES string of the molecule is NC(=O)CNC(=O)c1nc(C(=O)O)cs1. The maximum atomic E-state index is 11.2. The number of hydrogen-bond acceptors (Lipinski definition) is 5. The van der Waals surface area contributed by atoms with E-state index in [0.717, 1.165) is 11.3 Å². The molecule has 2 amide bonds. The van der Waals surface area contributed by atoms with Crippen molar-refractivity contribution in [3.63, 3.8) is 0 Å². The van der Waals surface area contributed by atoms with Crippen LogP contribution in [0.25, 0.3) is 0 Å². The number of carbonyl (C=O) groups excluding carboxylic acids is 2. The van der Waals surface area contributed by atoms with Crippen molar-refractivity contribution in [2.45, 2.75) is 0 Å². The molecule has 7 nitrogen and oxygen atoms in total. The van der Waals surface area contributed by atoms with Crippen LogP contribution in [-0.4, -0.2) is 34.4 Å². The first-order chi connectivity index (χ1) is 7.00. The summed E-state index contributed by atoms with van der Waals surface area (Å²) in [5, 5.41) is 11.9. The van der Waals surface area contributed by atoms with E-state index in [9.17, 15) is 14.4 Å². The Morgan fingerprint density at radius 1 is 1.53 bits per heavy atom. The number of aromatic carboxylic acids is 1. The van der Waals surface area contributed by atoms with Crippen molar-refractivity contribution in [3.8, 4) is 0 Å². The van der Waals surface area contributed by atoms with Crippen molar-refractivity contribution in [3.05, 3.63) is 16.1 Å². The van der Waals surface area contributed by atoms with Crippen LogP contribution in [0.4, 0.5) is 0 Å². The average Bonchev–Trinajstić information content (AvgIpc) is 2.62. The zero-order valence-electron chi connectivity index (χ0n) is 7.39. The summed E-state index contributed by atoms with van der Waals surface area (Å²) in [6.07, 6.45) is 0. The summed E-state index contributed by atoms with van der Waals surface area (Å²) in [6.45, 7) is -0.305. The first-order valence-corrected chi connectivity index (χ1v) is 4.64. The molecule has 0 saturated heterocycles. The van der Waals surface area contributed by atoms with E-state index >= 15 is 0 Å². The van der Waals surface area contributed by atoms with Gasteiger partial charge >= 0.3 is 5.97 Å². The summed E-state index contributed by atoms with van der Waals surface area (Å²) in [4.78, 5) is 35.5. The fourth-order valence-electron chi connectivity index (χ4n) is 0.719. The third-order valence-corrected chi connectivity index (χ3v) is 2.18. The third kappa shape index (κ3) is 3.02. The molecule has 0 aliphatic carbocycles. The lowest BCUT2D eigenvalue weighted by atomic mass is 10.5. The summed E-state index contributed by atoms with van der Waals surface area (Å²) < 4.78 is 0. The number of carboxylic acid groups (broad SMARTS) is 1. The van der Waals surface area contributed by atoms with Crippen LogP contribution in [0.15, 0.2) is 5.38 Å². The van der Waals surface area contributed by atoms with Gasteiger partial charge in [-0.2, -0.15) is 0 Å². The summed E-state index contributed by atoms with van der Waals surface area (Å²) >= 11 is 0.882. The molecule has 0 saturated carbocycles. The number of nitrogens with zero attached hydrogens (tertiary/aromatic N) is 1. The maximum absolute atomic E-state index is 11.2. The number of amides is 2. The molecule has 1 heterocycles. The highest BCUT2D eigenvalue weighted by molar-refractivity contribution is 7.11. The van der Waals surface area contributed by atoms with E-state index in [-0.39, 0.29) is 17.2 Å². The van der Waals surface area contributed by atoms with E-state index in [2.05, 4.69) is 10.3 Å². The predicted molar refractivity (Wildman–Crippen MR) is 50.6 cm³/mol.